The third-order valence-corrected chi connectivity index (χ3v) is 5.24. The van der Waals surface area contributed by atoms with Crippen LogP contribution in [0.15, 0.2) is 47.6 Å². The topological polar surface area (TPSA) is 100 Å². The molecule has 0 aliphatic heterocycles. The molecule has 0 fully saturated rings. The van der Waals surface area contributed by atoms with Gasteiger partial charge in [0, 0.05) is 25.0 Å². The van der Waals surface area contributed by atoms with Gasteiger partial charge >= 0.3 is 0 Å². The molecule has 0 amide bonds. The molecule has 8 heteroatoms. The number of nitrogens with one attached hydrogen (secondary N) is 1. The molecular weight excluding hydrogens is 338 g/mol. The summed E-state index contributed by atoms with van der Waals surface area (Å²) in [7, 11) is -3.69. The lowest BCUT2D eigenvalue weighted by atomic mass is 10.2. The van der Waals surface area contributed by atoms with Gasteiger partial charge in [0.05, 0.1) is 16.2 Å². The van der Waals surface area contributed by atoms with E-state index < -0.39 is 10.0 Å². The molecule has 7 nitrogen and oxygen atoms in total. The van der Waals surface area contributed by atoms with E-state index in [2.05, 4.69) is 14.8 Å². The predicted molar refractivity (Wildman–Crippen MR) is 92.4 cm³/mol. The SMILES string of the molecule is Cc1cc2ncc(CCCNS(=O)(=O)c3ccccc3C#N)cn2n1. The first-order valence-corrected chi connectivity index (χ1v) is 9.27. The van der Waals surface area contributed by atoms with Crippen molar-refractivity contribution in [2.24, 2.45) is 0 Å². The van der Waals surface area contributed by atoms with Crippen molar-refractivity contribution in [2.45, 2.75) is 24.7 Å². The van der Waals surface area contributed by atoms with E-state index in [9.17, 15) is 8.42 Å². The molecule has 0 saturated carbocycles. The Bertz CT molecular complexity index is 1050. The smallest absolute Gasteiger partial charge is 0.237 e. The molecule has 2 aromatic heterocycles. The van der Waals surface area contributed by atoms with Gasteiger partial charge in [0.2, 0.25) is 10.0 Å². The summed E-state index contributed by atoms with van der Waals surface area (Å²) >= 11 is 0. The van der Waals surface area contributed by atoms with Gasteiger partial charge in [0.25, 0.3) is 0 Å². The van der Waals surface area contributed by atoms with E-state index in [0.29, 0.717) is 12.8 Å². The van der Waals surface area contributed by atoms with Crippen LogP contribution in [-0.2, 0) is 16.4 Å². The zero-order chi connectivity index (χ0) is 17.9. The Balaban J connectivity index is 1.61. The highest BCUT2D eigenvalue weighted by Crippen LogP contribution is 2.14. The van der Waals surface area contributed by atoms with Gasteiger partial charge in [-0.2, -0.15) is 10.4 Å². The van der Waals surface area contributed by atoms with Crippen molar-refractivity contribution < 1.29 is 8.42 Å². The quantitative estimate of drug-likeness (QED) is 0.680. The fourth-order valence-electron chi connectivity index (χ4n) is 2.53. The molecule has 0 atom stereocenters. The van der Waals surface area contributed by atoms with Crippen molar-refractivity contribution in [1.82, 2.24) is 19.3 Å². The van der Waals surface area contributed by atoms with Crippen LogP contribution >= 0.6 is 0 Å². The Kier molecular flexibility index (Phi) is 4.79. The van der Waals surface area contributed by atoms with Gasteiger partial charge in [-0.15, -0.1) is 0 Å². The standard InChI is InChI=1S/C17H17N5O2S/c1-13-9-17-19-11-14(12-22(17)21-13)5-4-8-20-25(23,24)16-7-3-2-6-15(16)10-18/h2-3,6-7,9,11-12,20H,4-5,8H2,1H3. The molecule has 0 aliphatic rings. The number of aryl methyl sites for hydroxylation is 2. The van der Waals surface area contributed by atoms with Crippen molar-refractivity contribution in [1.29, 1.82) is 5.26 Å². The van der Waals surface area contributed by atoms with Crippen LogP contribution in [0, 0.1) is 18.3 Å². The fraction of sp³-hybridized carbons (Fsp3) is 0.235. The molecular formula is C17H17N5O2S. The highest BCUT2D eigenvalue weighted by atomic mass is 32.2. The van der Waals surface area contributed by atoms with Crippen LogP contribution in [0.25, 0.3) is 5.65 Å². The van der Waals surface area contributed by atoms with Gasteiger partial charge in [-0.05, 0) is 37.5 Å². The number of benzene rings is 1. The van der Waals surface area contributed by atoms with Gasteiger partial charge < -0.3 is 0 Å². The zero-order valence-electron chi connectivity index (χ0n) is 13.7. The van der Waals surface area contributed by atoms with Crippen LogP contribution in [-0.4, -0.2) is 29.6 Å². The van der Waals surface area contributed by atoms with E-state index in [1.54, 1.807) is 22.8 Å². The monoisotopic (exact) mass is 355 g/mol. The summed E-state index contributed by atoms with van der Waals surface area (Å²) in [5.41, 5.74) is 2.80. The normalized spacial score (nSPS) is 11.5. The maximum Gasteiger partial charge on any atom is 0.241 e. The Labute approximate surface area is 146 Å². The maximum atomic E-state index is 12.3. The predicted octanol–water partition coefficient (Wildman–Crippen LogP) is 1.82. The summed E-state index contributed by atoms with van der Waals surface area (Å²) in [6, 6.07) is 9.95. The Morgan fingerprint density at radius 3 is 2.92 bits per heavy atom. The van der Waals surface area contributed by atoms with E-state index in [1.165, 1.54) is 12.1 Å². The first kappa shape index (κ1) is 17.1. The lowest BCUT2D eigenvalue weighted by Crippen LogP contribution is -2.25. The van der Waals surface area contributed by atoms with Crippen molar-refractivity contribution in [3.63, 3.8) is 0 Å². The van der Waals surface area contributed by atoms with Crippen LogP contribution < -0.4 is 4.72 Å². The van der Waals surface area contributed by atoms with Crippen molar-refractivity contribution >= 4 is 15.7 Å². The second-order valence-electron chi connectivity index (χ2n) is 5.66. The minimum Gasteiger partial charge on any atom is -0.237 e. The minimum atomic E-state index is -3.69. The first-order valence-electron chi connectivity index (χ1n) is 7.79. The fourth-order valence-corrected chi connectivity index (χ4v) is 3.76. The minimum absolute atomic E-state index is 0.00704. The van der Waals surface area contributed by atoms with Crippen LogP contribution in [0.5, 0.6) is 0 Å². The van der Waals surface area contributed by atoms with Crippen LogP contribution in [0.1, 0.15) is 23.2 Å². The van der Waals surface area contributed by atoms with Crippen LogP contribution in [0.2, 0.25) is 0 Å². The summed E-state index contributed by atoms with van der Waals surface area (Å²) < 4.78 is 28.9. The van der Waals surface area contributed by atoms with Gasteiger partial charge in [-0.1, -0.05) is 12.1 Å². The second kappa shape index (κ2) is 7.01. The number of fused-ring (bicyclic) bond motifs is 1. The molecule has 0 spiro atoms. The Morgan fingerprint density at radius 1 is 1.32 bits per heavy atom. The number of nitriles is 1. The molecule has 0 unspecified atom stereocenters. The van der Waals surface area contributed by atoms with Crippen LogP contribution in [0.4, 0.5) is 0 Å². The average molecular weight is 355 g/mol. The Hall–Kier alpha value is -2.76. The van der Waals surface area contributed by atoms with Crippen molar-refractivity contribution in [2.75, 3.05) is 6.54 Å². The number of hydrogen-bond acceptors (Lipinski definition) is 5. The molecule has 0 aliphatic carbocycles. The molecule has 0 saturated heterocycles. The number of rotatable bonds is 6. The van der Waals surface area contributed by atoms with Gasteiger partial charge in [0.1, 0.15) is 6.07 Å². The third kappa shape index (κ3) is 3.84. The molecule has 3 rings (SSSR count). The summed E-state index contributed by atoms with van der Waals surface area (Å²) in [5, 5.41) is 13.3. The number of hydrogen-bond donors (Lipinski definition) is 1. The number of nitrogens with zero attached hydrogens (tertiary/aromatic N) is 4. The van der Waals surface area contributed by atoms with Crippen LogP contribution in [0.3, 0.4) is 0 Å². The molecule has 2 heterocycles. The maximum absolute atomic E-state index is 12.3. The summed E-state index contributed by atoms with van der Waals surface area (Å²) in [5.74, 6) is 0. The van der Waals surface area contributed by atoms with E-state index >= 15 is 0 Å². The van der Waals surface area contributed by atoms with E-state index in [1.807, 2.05) is 25.3 Å². The highest BCUT2D eigenvalue weighted by molar-refractivity contribution is 7.89. The lowest BCUT2D eigenvalue weighted by molar-refractivity contribution is 0.578. The molecule has 1 aromatic carbocycles. The number of aromatic nitrogens is 3. The summed E-state index contributed by atoms with van der Waals surface area (Å²) in [4.78, 5) is 4.33. The largest absolute Gasteiger partial charge is 0.241 e. The molecule has 25 heavy (non-hydrogen) atoms. The molecule has 0 bridgehead atoms. The first-order chi connectivity index (χ1) is 12.0. The highest BCUT2D eigenvalue weighted by Gasteiger charge is 2.17. The summed E-state index contributed by atoms with van der Waals surface area (Å²) in [6.07, 6.45) is 4.95. The number of sulfonamides is 1. The molecule has 3 aromatic rings. The van der Waals surface area contributed by atoms with Gasteiger partial charge in [0.15, 0.2) is 5.65 Å². The zero-order valence-corrected chi connectivity index (χ0v) is 14.5. The second-order valence-corrected chi connectivity index (χ2v) is 7.40. The van der Waals surface area contributed by atoms with E-state index in [-0.39, 0.29) is 17.0 Å². The van der Waals surface area contributed by atoms with E-state index in [4.69, 9.17) is 5.26 Å². The average Bonchev–Trinajstić information content (AvgIpc) is 2.98. The van der Waals surface area contributed by atoms with Gasteiger partial charge in [-0.3, -0.25) is 0 Å². The Morgan fingerprint density at radius 2 is 2.12 bits per heavy atom. The third-order valence-electron chi connectivity index (χ3n) is 3.72. The summed E-state index contributed by atoms with van der Waals surface area (Å²) in [6.45, 7) is 2.18. The van der Waals surface area contributed by atoms with E-state index in [0.717, 1.165) is 16.9 Å². The lowest BCUT2D eigenvalue weighted by Gasteiger charge is -2.08. The van der Waals surface area contributed by atoms with Gasteiger partial charge in [-0.25, -0.2) is 22.6 Å². The molecule has 1 N–H and O–H groups in total. The molecule has 0 radical (unpaired) electrons. The van der Waals surface area contributed by atoms with Crippen molar-refractivity contribution in [3.05, 3.63) is 59.5 Å². The molecule has 128 valence electrons. The van der Waals surface area contributed by atoms with Crippen molar-refractivity contribution in [3.8, 4) is 6.07 Å².